The number of carbonyl (C=O) groups is 4. The Morgan fingerprint density at radius 2 is 0.750 bits per heavy atom. The van der Waals surface area contributed by atoms with Crippen LogP contribution in [0.1, 0.15) is 65.4 Å². The summed E-state index contributed by atoms with van der Waals surface area (Å²) in [5.41, 5.74) is 2.11. The second kappa shape index (κ2) is 17.4. The summed E-state index contributed by atoms with van der Waals surface area (Å²) in [5, 5.41) is 17.7. The van der Waals surface area contributed by atoms with Gasteiger partial charge in [0.05, 0.1) is 11.1 Å². The molecule has 0 unspecified atom stereocenters. The standard InChI is InChI=1S/2C14H10O3.C4H10S2/c2*15-13(10-5-2-1-3-6-10)11-7-4-8-12(9-11)14(16)17;5-3-1-2-4-6/h2*1-9H,(H,16,17);5-6H,1-4H2. The van der Waals surface area contributed by atoms with Gasteiger partial charge in [0.2, 0.25) is 0 Å². The molecule has 4 aromatic carbocycles. The van der Waals surface area contributed by atoms with Crippen LogP contribution in [0.25, 0.3) is 0 Å². The van der Waals surface area contributed by atoms with Crippen LogP contribution in [0.2, 0.25) is 0 Å². The molecule has 0 radical (unpaired) electrons. The molecule has 6 nitrogen and oxygen atoms in total. The Hall–Kier alpha value is -4.14. The predicted molar refractivity (Wildman–Crippen MR) is 163 cm³/mol. The number of unbranched alkanes of at least 4 members (excludes halogenated alkanes) is 1. The maximum absolute atomic E-state index is 12.0. The van der Waals surface area contributed by atoms with Gasteiger partial charge in [0.15, 0.2) is 11.6 Å². The van der Waals surface area contributed by atoms with E-state index in [2.05, 4.69) is 25.3 Å². The lowest BCUT2D eigenvalue weighted by molar-refractivity contribution is 0.0686. The van der Waals surface area contributed by atoms with Gasteiger partial charge in [-0.15, -0.1) is 0 Å². The quantitative estimate of drug-likeness (QED) is 0.0988. The molecule has 40 heavy (non-hydrogen) atoms. The van der Waals surface area contributed by atoms with Crippen molar-refractivity contribution in [2.45, 2.75) is 12.8 Å². The van der Waals surface area contributed by atoms with Crippen LogP contribution in [0.15, 0.2) is 109 Å². The van der Waals surface area contributed by atoms with Crippen LogP contribution in [0.4, 0.5) is 0 Å². The van der Waals surface area contributed by atoms with Crippen LogP contribution >= 0.6 is 25.3 Å². The fourth-order valence-corrected chi connectivity index (χ4v) is 3.77. The second-order valence-corrected chi connectivity index (χ2v) is 9.21. The highest BCUT2D eigenvalue weighted by molar-refractivity contribution is 7.80. The van der Waals surface area contributed by atoms with E-state index < -0.39 is 11.9 Å². The Kier molecular flexibility index (Phi) is 14.0. The molecule has 8 heteroatoms. The average molecular weight is 575 g/mol. The minimum absolute atomic E-state index is 0.117. The monoisotopic (exact) mass is 574 g/mol. The molecule has 0 aliphatic heterocycles. The van der Waals surface area contributed by atoms with Crippen LogP contribution < -0.4 is 0 Å². The molecule has 0 amide bonds. The van der Waals surface area contributed by atoms with Crippen molar-refractivity contribution in [1.29, 1.82) is 0 Å². The third-order valence-electron chi connectivity index (χ3n) is 5.38. The normalized spacial score (nSPS) is 9.75. The highest BCUT2D eigenvalue weighted by Gasteiger charge is 2.12. The van der Waals surface area contributed by atoms with Crippen molar-refractivity contribution in [2.24, 2.45) is 0 Å². The van der Waals surface area contributed by atoms with E-state index in [1.165, 1.54) is 37.1 Å². The Labute approximate surface area is 244 Å². The third-order valence-corrected chi connectivity index (χ3v) is 6.01. The van der Waals surface area contributed by atoms with Crippen molar-refractivity contribution >= 4 is 48.8 Å². The van der Waals surface area contributed by atoms with Crippen LogP contribution in [-0.2, 0) is 0 Å². The maximum Gasteiger partial charge on any atom is 0.335 e. The van der Waals surface area contributed by atoms with Crippen molar-refractivity contribution in [2.75, 3.05) is 11.5 Å². The first-order valence-electron chi connectivity index (χ1n) is 12.4. The van der Waals surface area contributed by atoms with E-state index in [1.807, 2.05) is 12.1 Å². The summed E-state index contributed by atoms with van der Waals surface area (Å²) < 4.78 is 0. The molecular weight excluding hydrogens is 544 g/mol. The van der Waals surface area contributed by atoms with Crippen LogP contribution in [0, 0.1) is 0 Å². The molecule has 206 valence electrons. The fraction of sp³-hybridized carbons (Fsp3) is 0.125. The average Bonchev–Trinajstić information content (AvgIpc) is 3.01. The van der Waals surface area contributed by atoms with Gasteiger partial charge < -0.3 is 10.2 Å². The number of hydrogen-bond donors (Lipinski definition) is 4. The zero-order valence-electron chi connectivity index (χ0n) is 21.6. The molecule has 4 rings (SSSR count). The van der Waals surface area contributed by atoms with Gasteiger partial charge in [-0.25, -0.2) is 9.59 Å². The molecule has 0 atom stereocenters. The van der Waals surface area contributed by atoms with Crippen molar-refractivity contribution in [3.63, 3.8) is 0 Å². The maximum atomic E-state index is 12.0. The number of aromatic carboxylic acids is 2. The van der Waals surface area contributed by atoms with Gasteiger partial charge in [0.25, 0.3) is 0 Å². The topological polar surface area (TPSA) is 109 Å². The number of hydrogen-bond acceptors (Lipinski definition) is 6. The molecule has 0 saturated carbocycles. The zero-order valence-corrected chi connectivity index (χ0v) is 23.4. The number of carbonyl (C=O) groups excluding carboxylic acids is 2. The molecule has 0 aliphatic rings. The molecule has 0 bridgehead atoms. The molecule has 0 fully saturated rings. The number of carboxylic acids is 2. The highest BCUT2D eigenvalue weighted by Crippen LogP contribution is 2.13. The van der Waals surface area contributed by atoms with Crippen molar-refractivity contribution in [1.82, 2.24) is 0 Å². The summed E-state index contributed by atoms with van der Waals surface area (Å²) in [4.78, 5) is 45.7. The first kappa shape index (κ1) is 32.1. The number of benzene rings is 4. The van der Waals surface area contributed by atoms with E-state index >= 15 is 0 Å². The second-order valence-electron chi connectivity index (χ2n) is 8.32. The van der Waals surface area contributed by atoms with E-state index in [0.29, 0.717) is 22.3 Å². The first-order valence-corrected chi connectivity index (χ1v) is 13.6. The van der Waals surface area contributed by atoms with Crippen molar-refractivity contribution in [3.8, 4) is 0 Å². The molecule has 0 saturated heterocycles. The van der Waals surface area contributed by atoms with E-state index in [1.54, 1.807) is 72.8 Å². The number of carboxylic acid groups (broad SMARTS) is 2. The number of rotatable bonds is 9. The molecule has 0 spiro atoms. The van der Waals surface area contributed by atoms with Gasteiger partial charge >= 0.3 is 11.9 Å². The highest BCUT2D eigenvalue weighted by atomic mass is 32.1. The van der Waals surface area contributed by atoms with Gasteiger partial charge in [-0.05, 0) is 48.6 Å². The largest absolute Gasteiger partial charge is 0.478 e. The van der Waals surface area contributed by atoms with Crippen LogP contribution in [0.3, 0.4) is 0 Å². The molecule has 4 aromatic rings. The molecule has 0 heterocycles. The Morgan fingerprint density at radius 1 is 0.450 bits per heavy atom. The summed E-state index contributed by atoms with van der Waals surface area (Å²) in [6.45, 7) is 0. The molecule has 2 N–H and O–H groups in total. The predicted octanol–water partition coefficient (Wildman–Crippen LogP) is 6.86. The van der Waals surface area contributed by atoms with Gasteiger partial charge in [0.1, 0.15) is 0 Å². The van der Waals surface area contributed by atoms with Gasteiger partial charge in [-0.1, -0.05) is 84.9 Å². The minimum atomic E-state index is -1.03. The Morgan fingerprint density at radius 3 is 1.05 bits per heavy atom. The SMILES string of the molecule is O=C(O)c1cccc(C(=O)c2ccccc2)c1.O=C(O)c1cccc(C(=O)c2ccccc2)c1.SCCCCS. The van der Waals surface area contributed by atoms with E-state index in [4.69, 9.17) is 10.2 Å². The van der Waals surface area contributed by atoms with Crippen LogP contribution in [-0.4, -0.2) is 45.2 Å². The minimum Gasteiger partial charge on any atom is -0.478 e. The van der Waals surface area contributed by atoms with Crippen LogP contribution in [0.5, 0.6) is 0 Å². The summed E-state index contributed by atoms with van der Waals surface area (Å²) in [7, 11) is 0. The lowest BCUT2D eigenvalue weighted by Crippen LogP contribution is -2.03. The Balaban J connectivity index is 0.000000234. The third kappa shape index (κ3) is 10.6. The van der Waals surface area contributed by atoms with Gasteiger partial charge in [-0.2, -0.15) is 25.3 Å². The smallest absolute Gasteiger partial charge is 0.335 e. The molecular formula is C32H30O6S2. The van der Waals surface area contributed by atoms with Gasteiger partial charge in [-0.3, -0.25) is 9.59 Å². The lowest BCUT2D eigenvalue weighted by atomic mass is 10.0. The van der Waals surface area contributed by atoms with Crippen molar-refractivity contribution in [3.05, 3.63) is 143 Å². The fourth-order valence-electron chi connectivity index (χ4n) is 3.32. The molecule has 0 aromatic heterocycles. The Bertz CT molecular complexity index is 1300. The van der Waals surface area contributed by atoms with Crippen molar-refractivity contribution < 1.29 is 29.4 Å². The van der Waals surface area contributed by atoms with Gasteiger partial charge in [0, 0.05) is 22.3 Å². The molecule has 0 aliphatic carbocycles. The number of thiol groups is 2. The van der Waals surface area contributed by atoms with E-state index in [0.717, 1.165) is 11.5 Å². The summed E-state index contributed by atoms with van der Waals surface area (Å²) in [6.07, 6.45) is 2.40. The summed E-state index contributed by atoms with van der Waals surface area (Å²) >= 11 is 8.04. The zero-order chi connectivity index (χ0) is 29.3. The summed E-state index contributed by atoms with van der Waals surface area (Å²) in [5.74, 6) is -0.413. The first-order chi connectivity index (χ1) is 19.3. The van der Waals surface area contributed by atoms with E-state index in [9.17, 15) is 19.2 Å². The number of ketones is 2. The summed E-state index contributed by atoms with van der Waals surface area (Å²) in [6, 6.07) is 29.6. The lowest BCUT2D eigenvalue weighted by Gasteiger charge is -2.02. The van der Waals surface area contributed by atoms with E-state index in [-0.39, 0.29) is 22.7 Å².